The third kappa shape index (κ3) is 2.66. The quantitative estimate of drug-likeness (QED) is 0.845. The SMILES string of the molecule is CCCCNc1nc(-c2ccc3c(c2)OCO3)cs1. The minimum atomic E-state index is 0.305. The number of hydrogen-bond donors (Lipinski definition) is 1. The van der Waals surface area contributed by atoms with Gasteiger partial charge in [0.25, 0.3) is 0 Å². The molecule has 2 aromatic rings. The summed E-state index contributed by atoms with van der Waals surface area (Å²) in [7, 11) is 0. The van der Waals surface area contributed by atoms with E-state index >= 15 is 0 Å². The van der Waals surface area contributed by atoms with E-state index in [0.29, 0.717) is 6.79 Å². The lowest BCUT2D eigenvalue weighted by molar-refractivity contribution is 0.174. The molecule has 1 aliphatic heterocycles. The molecule has 0 atom stereocenters. The summed E-state index contributed by atoms with van der Waals surface area (Å²) in [6, 6.07) is 5.92. The van der Waals surface area contributed by atoms with Crippen molar-refractivity contribution < 1.29 is 9.47 Å². The molecule has 5 heteroatoms. The van der Waals surface area contributed by atoms with E-state index in [4.69, 9.17) is 9.47 Å². The smallest absolute Gasteiger partial charge is 0.231 e. The maximum atomic E-state index is 5.38. The molecule has 0 spiro atoms. The van der Waals surface area contributed by atoms with Crippen molar-refractivity contribution in [2.75, 3.05) is 18.7 Å². The Labute approximate surface area is 116 Å². The lowest BCUT2D eigenvalue weighted by atomic mass is 10.1. The van der Waals surface area contributed by atoms with Crippen LogP contribution in [0.2, 0.25) is 0 Å². The van der Waals surface area contributed by atoms with Crippen LogP contribution in [0.15, 0.2) is 23.6 Å². The topological polar surface area (TPSA) is 43.4 Å². The summed E-state index contributed by atoms with van der Waals surface area (Å²) in [6.07, 6.45) is 2.35. The molecule has 1 aromatic carbocycles. The van der Waals surface area contributed by atoms with Gasteiger partial charge in [-0.3, -0.25) is 0 Å². The molecule has 1 aliphatic rings. The molecule has 3 rings (SSSR count). The molecule has 100 valence electrons. The predicted molar refractivity (Wildman–Crippen MR) is 77.1 cm³/mol. The minimum absolute atomic E-state index is 0.305. The van der Waals surface area contributed by atoms with Crippen LogP contribution in [-0.4, -0.2) is 18.3 Å². The zero-order valence-corrected chi connectivity index (χ0v) is 11.6. The molecule has 0 radical (unpaired) electrons. The maximum Gasteiger partial charge on any atom is 0.231 e. The number of hydrogen-bond acceptors (Lipinski definition) is 5. The number of thiazole rings is 1. The van der Waals surface area contributed by atoms with Crippen molar-refractivity contribution in [3.05, 3.63) is 23.6 Å². The van der Waals surface area contributed by atoms with Crippen LogP contribution in [0.5, 0.6) is 11.5 Å². The minimum Gasteiger partial charge on any atom is -0.454 e. The molecule has 0 saturated carbocycles. The average molecular weight is 276 g/mol. The van der Waals surface area contributed by atoms with E-state index in [9.17, 15) is 0 Å². The van der Waals surface area contributed by atoms with Crippen LogP contribution in [0.25, 0.3) is 11.3 Å². The number of fused-ring (bicyclic) bond motifs is 1. The molecule has 0 amide bonds. The fourth-order valence-corrected chi connectivity index (χ4v) is 2.66. The van der Waals surface area contributed by atoms with Gasteiger partial charge >= 0.3 is 0 Å². The second-order valence-electron chi connectivity index (χ2n) is 4.39. The van der Waals surface area contributed by atoms with Crippen LogP contribution < -0.4 is 14.8 Å². The Bertz CT molecular complexity index is 568. The van der Waals surface area contributed by atoms with Crippen molar-refractivity contribution in [1.29, 1.82) is 0 Å². The van der Waals surface area contributed by atoms with Crippen molar-refractivity contribution in [3.63, 3.8) is 0 Å². The average Bonchev–Trinajstić information content (AvgIpc) is 3.06. The van der Waals surface area contributed by atoms with Gasteiger partial charge in [-0.2, -0.15) is 0 Å². The summed E-state index contributed by atoms with van der Waals surface area (Å²) < 4.78 is 10.7. The van der Waals surface area contributed by atoms with Crippen LogP contribution in [-0.2, 0) is 0 Å². The van der Waals surface area contributed by atoms with Crippen molar-refractivity contribution in [3.8, 4) is 22.8 Å². The van der Waals surface area contributed by atoms with E-state index in [2.05, 4.69) is 22.6 Å². The highest BCUT2D eigenvalue weighted by atomic mass is 32.1. The standard InChI is InChI=1S/C14H16N2O2S/c1-2-3-6-15-14-16-11(8-19-14)10-4-5-12-13(7-10)18-9-17-12/h4-5,7-8H,2-3,6,9H2,1H3,(H,15,16). The maximum absolute atomic E-state index is 5.38. The number of unbranched alkanes of at least 4 members (excludes halogenated alkanes) is 1. The van der Waals surface area contributed by atoms with Gasteiger partial charge in [-0.1, -0.05) is 13.3 Å². The molecule has 0 unspecified atom stereocenters. The first-order valence-corrected chi connectivity index (χ1v) is 7.34. The van der Waals surface area contributed by atoms with Gasteiger partial charge in [-0.25, -0.2) is 4.98 Å². The molecule has 0 bridgehead atoms. The third-order valence-electron chi connectivity index (χ3n) is 2.98. The predicted octanol–water partition coefficient (Wildman–Crippen LogP) is 3.75. The normalized spacial score (nSPS) is 12.7. The third-order valence-corrected chi connectivity index (χ3v) is 3.78. The van der Waals surface area contributed by atoms with Gasteiger partial charge in [-0.15, -0.1) is 11.3 Å². The van der Waals surface area contributed by atoms with Crippen molar-refractivity contribution in [1.82, 2.24) is 4.98 Å². The summed E-state index contributed by atoms with van der Waals surface area (Å²) in [6.45, 7) is 3.46. The summed E-state index contributed by atoms with van der Waals surface area (Å²) in [5.41, 5.74) is 2.03. The largest absolute Gasteiger partial charge is 0.454 e. The number of benzene rings is 1. The first-order valence-electron chi connectivity index (χ1n) is 6.46. The second-order valence-corrected chi connectivity index (χ2v) is 5.24. The Balaban J connectivity index is 1.75. The van der Waals surface area contributed by atoms with Gasteiger partial charge in [-0.05, 0) is 24.6 Å². The summed E-state index contributed by atoms with van der Waals surface area (Å²) in [4.78, 5) is 4.59. The van der Waals surface area contributed by atoms with E-state index in [1.165, 1.54) is 12.8 Å². The molecule has 0 aliphatic carbocycles. The summed E-state index contributed by atoms with van der Waals surface area (Å²) in [5.74, 6) is 1.60. The second kappa shape index (κ2) is 5.48. The number of ether oxygens (including phenoxy) is 2. The Hall–Kier alpha value is -1.75. The van der Waals surface area contributed by atoms with Gasteiger partial charge in [0.2, 0.25) is 6.79 Å². The van der Waals surface area contributed by atoms with Crippen LogP contribution >= 0.6 is 11.3 Å². The fraction of sp³-hybridized carbons (Fsp3) is 0.357. The fourth-order valence-electron chi connectivity index (χ4n) is 1.92. The first kappa shape index (κ1) is 12.3. The van der Waals surface area contributed by atoms with Crippen LogP contribution in [0, 0.1) is 0 Å². The first-order chi connectivity index (χ1) is 9.36. The zero-order valence-electron chi connectivity index (χ0n) is 10.8. The van der Waals surface area contributed by atoms with E-state index in [-0.39, 0.29) is 0 Å². The molecule has 0 fully saturated rings. The van der Waals surface area contributed by atoms with Crippen LogP contribution in [0.3, 0.4) is 0 Å². The molecular weight excluding hydrogens is 260 g/mol. The number of nitrogens with one attached hydrogen (secondary N) is 1. The van der Waals surface area contributed by atoms with Crippen molar-refractivity contribution in [2.45, 2.75) is 19.8 Å². The van der Waals surface area contributed by atoms with Gasteiger partial charge in [0.1, 0.15) is 0 Å². The Morgan fingerprint density at radius 2 is 2.21 bits per heavy atom. The van der Waals surface area contributed by atoms with Crippen LogP contribution in [0.1, 0.15) is 19.8 Å². The van der Waals surface area contributed by atoms with Gasteiger partial charge < -0.3 is 14.8 Å². The van der Waals surface area contributed by atoms with E-state index < -0.39 is 0 Å². The summed E-state index contributed by atoms with van der Waals surface area (Å²) >= 11 is 1.63. The van der Waals surface area contributed by atoms with Crippen molar-refractivity contribution in [2.24, 2.45) is 0 Å². The monoisotopic (exact) mass is 276 g/mol. The lowest BCUT2D eigenvalue weighted by Crippen LogP contribution is -1.99. The molecule has 1 N–H and O–H groups in total. The molecule has 0 saturated heterocycles. The zero-order chi connectivity index (χ0) is 13.1. The Kier molecular flexibility index (Phi) is 3.55. The molecule has 1 aromatic heterocycles. The molecular formula is C14H16N2O2S. The number of rotatable bonds is 5. The molecule has 4 nitrogen and oxygen atoms in total. The van der Waals surface area contributed by atoms with E-state index in [1.807, 2.05) is 18.2 Å². The lowest BCUT2D eigenvalue weighted by Gasteiger charge is -2.01. The highest BCUT2D eigenvalue weighted by molar-refractivity contribution is 7.14. The van der Waals surface area contributed by atoms with E-state index in [0.717, 1.165) is 34.4 Å². The van der Waals surface area contributed by atoms with E-state index in [1.54, 1.807) is 11.3 Å². The Morgan fingerprint density at radius 3 is 3.11 bits per heavy atom. The van der Waals surface area contributed by atoms with Crippen LogP contribution in [0.4, 0.5) is 5.13 Å². The highest BCUT2D eigenvalue weighted by Crippen LogP contribution is 2.36. The number of aromatic nitrogens is 1. The van der Waals surface area contributed by atoms with Gasteiger partial charge in [0.05, 0.1) is 5.69 Å². The summed E-state index contributed by atoms with van der Waals surface area (Å²) in [5, 5.41) is 6.37. The van der Waals surface area contributed by atoms with Crippen molar-refractivity contribution >= 4 is 16.5 Å². The number of nitrogens with zero attached hydrogens (tertiary/aromatic N) is 1. The highest BCUT2D eigenvalue weighted by Gasteiger charge is 2.14. The molecule has 2 heterocycles. The van der Waals surface area contributed by atoms with Gasteiger partial charge in [0.15, 0.2) is 16.6 Å². The van der Waals surface area contributed by atoms with Gasteiger partial charge in [0, 0.05) is 17.5 Å². The number of anilines is 1. The Morgan fingerprint density at radius 1 is 1.32 bits per heavy atom. The molecule has 19 heavy (non-hydrogen) atoms.